The highest BCUT2D eigenvalue weighted by Crippen LogP contribution is 2.29. The first kappa shape index (κ1) is 11.4. The van der Waals surface area contributed by atoms with Crippen LogP contribution in [0.1, 0.15) is 24.3 Å². The van der Waals surface area contributed by atoms with E-state index in [1.165, 1.54) is 18.4 Å². The smallest absolute Gasteiger partial charge is 0.107 e. The lowest BCUT2D eigenvalue weighted by atomic mass is 9.90. The van der Waals surface area contributed by atoms with Gasteiger partial charge in [0.15, 0.2) is 0 Å². The van der Waals surface area contributed by atoms with E-state index in [4.69, 9.17) is 0 Å². The van der Waals surface area contributed by atoms with E-state index in [2.05, 4.69) is 22.8 Å². The van der Waals surface area contributed by atoms with Crippen LogP contribution in [0, 0.1) is 0 Å². The van der Waals surface area contributed by atoms with Crippen molar-refractivity contribution in [1.29, 1.82) is 0 Å². The van der Waals surface area contributed by atoms with Gasteiger partial charge in [-0.1, -0.05) is 18.2 Å². The van der Waals surface area contributed by atoms with Crippen LogP contribution in [0.2, 0.25) is 0 Å². The van der Waals surface area contributed by atoms with Gasteiger partial charge in [0.25, 0.3) is 0 Å². The number of anilines is 1. The number of rotatable bonds is 4. The fourth-order valence-corrected chi connectivity index (χ4v) is 2.31. The predicted octanol–water partition coefficient (Wildman–Crippen LogP) is 2.54. The number of nitrogens with one attached hydrogen (secondary N) is 2. The molecular formula is C13H19FN2. The zero-order chi connectivity index (χ0) is 11.2. The molecule has 1 unspecified atom stereocenters. The second-order valence-electron chi connectivity index (χ2n) is 4.25. The Morgan fingerprint density at radius 1 is 1.38 bits per heavy atom. The maximum absolute atomic E-state index is 12.2. The Balaban J connectivity index is 2.11. The summed E-state index contributed by atoms with van der Waals surface area (Å²) in [6, 6.07) is 8.25. The number of piperidine rings is 1. The van der Waals surface area contributed by atoms with Gasteiger partial charge in [-0.05, 0) is 36.9 Å². The molecule has 1 aliphatic heterocycles. The third-order valence-electron chi connectivity index (χ3n) is 3.11. The fourth-order valence-electron chi connectivity index (χ4n) is 2.31. The number of para-hydroxylation sites is 1. The van der Waals surface area contributed by atoms with Gasteiger partial charge in [-0.25, -0.2) is 4.39 Å². The summed E-state index contributed by atoms with van der Waals surface area (Å²) in [6.07, 6.45) is 2.45. The van der Waals surface area contributed by atoms with Gasteiger partial charge >= 0.3 is 0 Å². The van der Waals surface area contributed by atoms with Crippen LogP contribution in [0.25, 0.3) is 0 Å². The Bertz CT molecular complexity index is 321. The number of halogens is 1. The minimum absolute atomic E-state index is 0.322. The number of alkyl halides is 1. The molecule has 0 spiro atoms. The standard InChI is InChI=1S/C13H19FN2/c14-7-9-16-13-6-2-1-5-12(13)11-4-3-8-15-10-11/h1-2,5-6,11,15-16H,3-4,7-10H2. The van der Waals surface area contributed by atoms with Gasteiger partial charge in [0, 0.05) is 18.8 Å². The maximum atomic E-state index is 12.2. The summed E-state index contributed by atoms with van der Waals surface area (Å²) in [5.41, 5.74) is 2.41. The summed E-state index contributed by atoms with van der Waals surface area (Å²) < 4.78 is 12.2. The Hall–Kier alpha value is -1.09. The quantitative estimate of drug-likeness (QED) is 0.818. The molecule has 2 rings (SSSR count). The van der Waals surface area contributed by atoms with Gasteiger partial charge in [0.2, 0.25) is 0 Å². The minimum atomic E-state index is -0.322. The van der Waals surface area contributed by atoms with Gasteiger partial charge in [-0.15, -0.1) is 0 Å². The largest absolute Gasteiger partial charge is 0.382 e. The third-order valence-corrected chi connectivity index (χ3v) is 3.11. The Labute approximate surface area is 96.2 Å². The molecule has 1 aliphatic rings. The lowest BCUT2D eigenvalue weighted by Crippen LogP contribution is -2.28. The van der Waals surface area contributed by atoms with Crippen molar-refractivity contribution in [2.24, 2.45) is 0 Å². The summed E-state index contributed by atoms with van der Waals surface area (Å²) in [5, 5.41) is 6.57. The molecule has 0 radical (unpaired) electrons. The Morgan fingerprint density at radius 3 is 3.00 bits per heavy atom. The lowest BCUT2D eigenvalue weighted by Gasteiger charge is -2.25. The highest BCUT2D eigenvalue weighted by atomic mass is 19.1. The van der Waals surface area contributed by atoms with Gasteiger partial charge in [-0.3, -0.25) is 0 Å². The van der Waals surface area contributed by atoms with E-state index in [1.54, 1.807) is 0 Å². The summed E-state index contributed by atoms with van der Waals surface area (Å²) in [5.74, 6) is 0.567. The van der Waals surface area contributed by atoms with Crippen molar-refractivity contribution in [3.05, 3.63) is 29.8 Å². The van der Waals surface area contributed by atoms with E-state index in [-0.39, 0.29) is 6.67 Å². The van der Waals surface area contributed by atoms with E-state index < -0.39 is 0 Å². The number of hydrogen-bond acceptors (Lipinski definition) is 2. The van der Waals surface area contributed by atoms with Crippen LogP contribution in [0.5, 0.6) is 0 Å². The summed E-state index contributed by atoms with van der Waals surface area (Å²) in [7, 11) is 0. The molecule has 1 aromatic carbocycles. The first-order chi connectivity index (χ1) is 7.92. The van der Waals surface area contributed by atoms with Crippen LogP contribution >= 0.6 is 0 Å². The molecular weight excluding hydrogens is 203 g/mol. The van der Waals surface area contributed by atoms with E-state index in [0.29, 0.717) is 12.5 Å². The molecule has 2 nitrogen and oxygen atoms in total. The first-order valence-corrected chi connectivity index (χ1v) is 6.01. The van der Waals surface area contributed by atoms with Crippen LogP contribution in [0.15, 0.2) is 24.3 Å². The molecule has 1 saturated heterocycles. The molecule has 16 heavy (non-hydrogen) atoms. The van der Waals surface area contributed by atoms with Crippen LogP contribution in [0.3, 0.4) is 0 Å². The second kappa shape index (κ2) is 5.85. The molecule has 0 aromatic heterocycles. The predicted molar refractivity (Wildman–Crippen MR) is 65.8 cm³/mol. The second-order valence-corrected chi connectivity index (χ2v) is 4.25. The monoisotopic (exact) mass is 222 g/mol. The van der Waals surface area contributed by atoms with E-state index in [0.717, 1.165) is 18.8 Å². The summed E-state index contributed by atoms with van der Waals surface area (Å²) >= 11 is 0. The van der Waals surface area contributed by atoms with E-state index >= 15 is 0 Å². The van der Waals surface area contributed by atoms with Crippen LogP contribution in [0.4, 0.5) is 10.1 Å². The zero-order valence-corrected chi connectivity index (χ0v) is 9.51. The van der Waals surface area contributed by atoms with Gasteiger partial charge in [-0.2, -0.15) is 0 Å². The van der Waals surface area contributed by atoms with Gasteiger partial charge < -0.3 is 10.6 Å². The van der Waals surface area contributed by atoms with Crippen molar-refractivity contribution in [2.45, 2.75) is 18.8 Å². The Kier molecular flexibility index (Phi) is 4.17. The van der Waals surface area contributed by atoms with Crippen LogP contribution < -0.4 is 10.6 Å². The average molecular weight is 222 g/mol. The third kappa shape index (κ3) is 2.73. The summed E-state index contributed by atoms with van der Waals surface area (Å²) in [6.45, 7) is 2.24. The number of benzene rings is 1. The molecule has 0 amide bonds. The summed E-state index contributed by atoms with van der Waals surface area (Å²) in [4.78, 5) is 0. The molecule has 0 aliphatic carbocycles. The van der Waals surface area contributed by atoms with Crippen LogP contribution in [-0.4, -0.2) is 26.3 Å². The molecule has 0 bridgehead atoms. The van der Waals surface area contributed by atoms with Crippen molar-refractivity contribution in [3.63, 3.8) is 0 Å². The molecule has 1 atom stereocenters. The molecule has 0 saturated carbocycles. The molecule has 1 fully saturated rings. The molecule has 88 valence electrons. The van der Waals surface area contributed by atoms with Crippen molar-refractivity contribution < 1.29 is 4.39 Å². The Morgan fingerprint density at radius 2 is 2.25 bits per heavy atom. The average Bonchev–Trinajstić information content (AvgIpc) is 2.38. The maximum Gasteiger partial charge on any atom is 0.107 e. The topological polar surface area (TPSA) is 24.1 Å². The van der Waals surface area contributed by atoms with Crippen LogP contribution in [-0.2, 0) is 0 Å². The molecule has 3 heteroatoms. The van der Waals surface area contributed by atoms with E-state index in [9.17, 15) is 4.39 Å². The number of hydrogen-bond donors (Lipinski definition) is 2. The fraction of sp³-hybridized carbons (Fsp3) is 0.538. The van der Waals surface area contributed by atoms with Crippen molar-refractivity contribution in [1.82, 2.24) is 5.32 Å². The highest BCUT2D eigenvalue weighted by Gasteiger charge is 2.17. The van der Waals surface area contributed by atoms with Crippen molar-refractivity contribution >= 4 is 5.69 Å². The van der Waals surface area contributed by atoms with Crippen molar-refractivity contribution in [3.8, 4) is 0 Å². The molecule has 1 aromatic rings. The van der Waals surface area contributed by atoms with E-state index in [1.807, 2.05) is 12.1 Å². The zero-order valence-electron chi connectivity index (χ0n) is 9.51. The van der Waals surface area contributed by atoms with Crippen molar-refractivity contribution in [2.75, 3.05) is 31.6 Å². The highest BCUT2D eigenvalue weighted by molar-refractivity contribution is 5.53. The lowest BCUT2D eigenvalue weighted by molar-refractivity contribution is 0.462. The van der Waals surface area contributed by atoms with Gasteiger partial charge in [0.1, 0.15) is 6.67 Å². The normalized spacial score (nSPS) is 20.7. The van der Waals surface area contributed by atoms with Gasteiger partial charge in [0.05, 0.1) is 0 Å². The molecule has 2 N–H and O–H groups in total. The SMILES string of the molecule is FCCNc1ccccc1C1CCCNC1. The molecule has 1 heterocycles. The first-order valence-electron chi connectivity index (χ1n) is 6.01. The minimum Gasteiger partial charge on any atom is -0.382 e.